The van der Waals surface area contributed by atoms with E-state index in [0.717, 1.165) is 15.9 Å². The normalized spacial score (nSPS) is 12.1. The largest absolute Gasteiger partial charge is 0.495 e. The van der Waals surface area contributed by atoms with E-state index < -0.39 is 29.6 Å². The van der Waals surface area contributed by atoms with Gasteiger partial charge < -0.3 is 14.5 Å². The van der Waals surface area contributed by atoms with Crippen LogP contribution in [0.2, 0.25) is 0 Å². The Kier molecular flexibility index (Phi) is 7.76. The molecule has 3 aromatic carbocycles. The first-order valence-corrected chi connectivity index (χ1v) is 13.0. The number of hydrogen-bond donors (Lipinski definition) is 2. The summed E-state index contributed by atoms with van der Waals surface area (Å²) in [7, 11) is -6.27. The standard InChI is InChI=1S/C22H21BrF2NO5PS/c1-15-7-10-17(11-8-15)26(33(29,30)21-6-4-3-5-20(21)31-2)14-16-9-12-18(19(23)13-16)22(24,25)32(27)28/h3-13,27-28H,14H2,1-2H3. The molecule has 0 atom stereocenters. The summed E-state index contributed by atoms with van der Waals surface area (Å²) in [6.07, 6.45) is 0. The molecule has 0 aliphatic carbocycles. The van der Waals surface area contributed by atoms with Crippen molar-refractivity contribution in [2.75, 3.05) is 11.4 Å². The fourth-order valence-electron chi connectivity index (χ4n) is 3.15. The molecule has 2 N–H and O–H groups in total. The predicted molar refractivity (Wildman–Crippen MR) is 127 cm³/mol. The second-order valence-corrected chi connectivity index (χ2v) is 11.0. The van der Waals surface area contributed by atoms with Gasteiger partial charge in [-0.15, -0.1) is 0 Å². The molecule has 0 radical (unpaired) electrons. The maximum atomic E-state index is 14.1. The van der Waals surface area contributed by atoms with Gasteiger partial charge in [0.15, 0.2) is 0 Å². The van der Waals surface area contributed by atoms with Gasteiger partial charge in [0.1, 0.15) is 10.6 Å². The van der Waals surface area contributed by atoms with Gasteiger partial charge in [-0.1, -0.05) is 57.9 Å². The number of anilines is 1. The highest BCUT2D eigenvalue weighted by atomic mass is 79.9. The Labute approximate surface area is 200 Å². The van der Waals surface area contributed by atoms with Crippen molar-refractivity contribution in [2.24, 2.45) is 0 Å². The van der Waals surface area contributed by atoms with E-state index in [0.29, 0.717) is 11.3 Å². The molecular formula is C22H21BrF2NO5PS. The minimum atomic E-state index is -4.10. The minimum Gasteiger partial charge on any atom is -0.495 e. The zero-order valence-electron chi connectivity index (χ0n) is 17.6. The number of methoxy groups -OCH3 is 1. The first-order valence-electron chi connectivity index (χ1n) is 9.55. The van der Waals surface area contributed by atoms with Gasteiger partial charge in [0.25, 0.3) is 10.0 Å². The van der Waals surface area contributed by atoms with Gasteiger partial charge >= 0.3 is 5.66 Å². The Balaban J connectivity index is 2.09. The van der Waals surface area contributed by atoms with E-state index in [1.165, 1.54) is 31.4 Å². The smallest absolute Gasteiger partial charge is 0.340 e. The van der Waals surface area contributed by atoms with Crippen LogP contribution in [-0.4, -0.2) is 25.3 Å². The molecule has 0 bridgehead atoms. The second kappa shape index (κ2) is 10.0. The minimum absolute atomic E-state index is 0.0403. The zero-order chi connectivity index (χ0) is 24.4. The van der Waals surface area contributed by atoms with E-state index in [1.807, 2.05) is 6.92 Å². The number of para-hydroxylation sites is 1. The molecule has 6 nitrogen and oxygen atoms in total. The number of halogens is 3. The van der Waals surface area contributed by atoms with E-state index >= 15 is 0 Å². The van der Waals surface area contributed by atoms with Crippen molar-refractivity contribution in [3.8, 4) is 5.75 Å². The highest BCUT2D eigenvalue weighted by Crippen LogP contribution is 2.54. The Morgan fingerprint density at radius 1 is 1.06 bits per heavy atom. The predicted octanol–water partition coefficient (Wildman–Crippen LogP) is 5.51. The summed E-state index contributed by atoms with van der Waals surface area (Å²) in [4.78, 5) is 18.1. The van der Waals surface area contributed by atoms with E-state index in [2.05, 4.69) is 15.9 Å². The Bertz CT molecular complexity index is 1240. The second-order valence-electron chi connectivity index (χ2n) is 7.14. The van der Waals surface area contributed by atoms with E-state index in [4.69, 9.17) is 14.5 Å². The van der Waals surface area contributed by atoms with Crippen molar-refractivity contribution >= 4 is 40.0 Å². The molecule has 0 spiro atoms. The number of sulfonamides is 1. The SMILES string of the molecule is COc1ccccc1S(=O)(=O)N(Cc1ccc(C(F)(F)P(O)O)c(Br)c1)c1ccc(C)cc1. The summed E-state index contributed by atoms with van der Waals surface area (Å²) in [6, 6.07) is 16.8. The van der Waals surface area contributed by atoms with E-state index in [9.17, 15) is 17.2 Å². The van der Waals surface area contributed by atoms with Crippen LogP contribution in [0.1, 0.15) is 16.7 Å². The summed E-state index contributed by atoms with van der Waals surface area (Å²) in [6.45, 7) is 1.71. The molecule has 0 saturated heterocycles. The highest BCUT2D eigenvalue weighted by molar-refractivity contribution is 9.10. The fourth-order valence-corrected chi connectivity index (χ4v) is 6.00. The topological polar surface area (TPSA) is 87.1 Å². The molecule has 11 heteroatoms. The number of aryl methyl sites for hydroxylation is 1. The zero-order valence-corrected chi connectivity index (χ0v) is 20.9. The molecule has 3 rings (SSSR count). The van der Waals surface area contributed by atoms with Crippen LogP contribution in [0.4, 0.5) is 14.5 Å². The number of rotatable bonds is 8. The van der Waals surface area contributed by atoms with Crippen LogP contribution in [0.25, 0.3) is 0 Å². The van der Waals surface area contributed by atoms with Crippen LogP contribution in [0, 0.1) is 6.92 Å². The van der Waals surface area contributed by atoms with Crippen molar-refractivity contribution in [3.63, 3.8) is 0 Å². The summed E-state index contributed by atoms with van der Waals surface area (Å²) >= 11 is 3.05. The Morgan fingerprint density at radius 3 is 2.27 bits per heavy atom. The summed E-state index contributed by atoms with van der Waals surface area (Å²) in [5.74, 6) is 0.171. The van der Waals surface area contributed by atoms with Gasteiger partial charge in [-0.2, -0.15) is 8.78 Å². The van der Waals surface area contributed by atoms with E-state index in [1.54, 1.807) is 36.4 Å². The molecule has 0 fully saturated rings. The van der Waals surface area contributed by atoms with Gasteiger partial charge in [-0.3, -0.25) is 4.31 Å². The molecular weight excluding hydrogens is 539 g/mol. The van der Waals surface area contributed by atoms with Crippen LogP contribution in [0.3, 0.4) is 0 Å². The molecule has 176 valence electrons. The van der Waals surface area contributed by atoms with Crippen LogP contribution in [0.5, 0.6) is 5.75 Å². The molecule has 0 saturated carbocycles. The number of alkyl halides is 2. The van der Waals surface area contributed by atoms with Crippen molar-refractivity contribution in [3.05, 3.63) is 87.9 Å². The quantitative estimate of drug-likeness (QED) is 0.355. The Morgan fingerprint density at radius 2 is 1.70 bits per heavy atom. The number of benzene rings is 3. The van der Waals surface area contributed by atoms with Gasteiger partial charge in [0, 0.05) is 10.0 Å². The van der Waals surface area contributed by atoms with Gasteiger partial charge in [0.05, 0.1) is 19.3 Å². The lowest BCUT2D eigenvalue weighted by molar-refractivity contribution is 0.0724. The highest BCUT2D eigenvalue weighted by Gasteiger charge is 2.42. The van der Waals surface area contributed by atoms with Gasteiger partial charge in [-0.25, -0.2) is 8.42 Å². The lowest BCUT2D eigenvalue weighted by Crippen LogP contribution is -2.31. The summed E-state index contributed by atoms with van der Waals surface area (Å²) < 4.78 is 61.9. The molecule has 0 aliphatic rings. The van der Waals surface area contributed by atoms with Crippen molar-refractivity contribution < 1.29 is 31.7 Å². The summed E-state index contributed by atoms with van der Waals surface area (Å²) in [5, 5.41) is 0. The Hall–Kier alpha value is -2.10. The van der Waals surface area contributed by atoms with Crippen LogP contribution < -0.4 is 9.04 Å². The average molecular weight is 560 g/mol. The van der Waals surface area contributed by atoms with Gasteiger partial charge in [0.2, 0.25) is 8.38 Å². The van der Waals surface area contributed by atoms with Crippen molar-refractivity contribution in [2.45, 2.75) is 24.0 Å². The first kappa shape index (κ1) is 25.5. The third-order valence-electron chi connectivity index (χ3n) is 4.89. The third kappa shape index (κ3) is 5.36. The van der Waals surface area contributed by atoms with E-state index in [-0.39, 0.29) is 21.7 Å². The number of hydrogen-bond acceptors (Lipinski definition) is 5. The third-order valence-corrected chi connectivity index (χ3v) is 8.11. The molecule has 0 heterocycles. The number of ether oxygens (including phenoxy) is 1. The lowest BCUT2D eigenvalue weighted by Gasteiger charge is -2.26. The maximum absolute atomic E-state index is 14.1. The molecule has 0 unspecified atom stereocenters. The monoisotopic (exact) mass is 559 g/mol. The molecule has 3 aromatic rings. The maximum Gasteiger partial charge on any atom is 0.340 e. The fraction of sp³-hybridized carbons (Fsp3) is 0.182. The van der Waals surface area contributed by atoms with Crippen LogP contribution in [-0.2, 0) is 22.2 Å². The average Bonchev–Trinajstić information content (AvgIpc) is 2.77. The molecule has 0 amide bonds. The van der Waals surface area contributed by atoms with Crippen molar-refractivity contribution in [1.82, 2.24) is 0 Å². The first-order chi connectivity index (χ1) is 15.5. The molecule has 0 aromatic heterocycles. The number of nitrogens with zero attached hydrogens (tertiary/aromatic N) is 1. The van der Waals surface area contributed by atoms with Crippen LogP contribution >= 0.6 is 24.3 Å². The van der Waals surface area contributed by atoms with Crippen molar-refractivity contribution in [1.29, 1.82) is 0 Å². The lowest BCUT2D eigenvalue weighted by atomic mass is 10.1. The molecule has 33 heavy (non-hydrogen) atoms. The summed E-state index contributed by atoms with van der Waals surface area (Å²) in [5.41, 5.74) is -2.72. The molecule has 0 aliphatic heterocycles. The van der Waals surface area contributed by atoms with Crippen LogP contribution in [0.15, 0.2) is 76.1 Å². The van der Waals surface area contributed by atoms with Gasteiger partial charge in [-0.05, 0) is 42.8 Å².